The third-order valence-corrected chi connectivity index (χ3v) is 4.41. The summed E-state index contributed by atoms with van der Waals surface area (Å²) in [5.74, 6) is 1.74. The molecule has 0 spiro atoms. The summed E-state index contributed by atoms with van der Waals surface area (Å²) >= 11 is 0. The first-order chi connectivity index (χ1) is 12.7. The first-order valence-electron chi connectivity index (χ1n) is 8.18. The molecule has 4 aromatic rings. The van der Waals surface area contributed by atoms with Crippen LogP contribution in [0.2, 0.25) is 0 Å². The summed E-state index contributed by atoms with van der Waals surface area (Å²) in [5, 5.41) is 10.7. The van der Waals surface area contributed by atoms with Crippen molar-refractivity contribution in [2.24, 2.45) is 0 Å². The van der Waals surface area contributed by atoms with Crippen LogP contribution in [0.4, 0.5) is 0 Å². The van der Waals surface area contributed by atoms with E-state index in [1.807, 2.05) is 36.5 Å². The minimum atomic E-state index is 0.228. The Morgan fingerprint density at radius 3 is 2.58 bits per heavy atom. The van der Waals surface area contributed by atoms with Crippen molar-refractivity contribution >= 4 is 11.0 Å². The number of methoxy groups -OCH3 is 2. The Balaban J connectivity index is 1.91. The van der Waals surface area contributed by atoms with Crippen molar-refractivity contribution < 1.29 is 14.6 Å². The lowest BCUT2D eigenvalue weighted by Gasteiger charge is -2.10. The number of fused-ring (bicyclic) bond motifs is 1. The maximum Gasteiger partial charge on any atom is 0.137 e. The van der Waals surface area contributed by atoms with Crippen LogP contribution < -0.4 is 9.47 Å². The number of H-pyrrole nitrogens is 1. The van der Waals surface area contributed by atoms with Crippen molar-refractivity contribution in [2.45, 2.75) is 0 Å². The zero-order chi connectivity index (χ0) is 18.1. The Kier molecular flexibility index (Phi) is 3.97. The van der Waals surface area contributed by atoms with E-state index in [2.05, 4.69) is 16.0 Å². The first-order valence-corrected chi connectivity index (χ1v) is 8.18. The summed E-state index contributed by atoms with van der Waals surface area (Å²) < 4.78 is 10.9. The van der Waals surface area contributed by atoms with Crippen molar-refractivity contribution in [3.05, 3.63) is 60.9 Å². The molecule has 0 atom stereocenters. The number of aromatic hydroxyl groups is 1. The Morgan fingerprint density at radius 2 is 1.81 bits per heavy atom. The molecule has 0 aliphatic carbocycles. The zero-order valence-electron chi connectivity index (χ0n) is 14.5. The Bertz CT molecular complexity index is 1090. The molecule has 0 unspecified atom stereocenters. The van der Waals surface area contributed by atoms with Gasteiger partial charge in [0.15, 0.2) is 0 Å². The number of nitrogens with one attached hydrogen (secondary N) is 1. The summed E-state index contributed by atoms with van der Waals surface area (Å²) in [5.41, 5.74) is 4.52. The van der Waals surface area contributed by atoms with E-state index in [0.29, 0.717) is 0 Å². The predicted octanol–water partition coefficient (Wildman–Crippen LogP) is 4.62. The van der Waals surface area contributed by atoms with Gasteiger partial charge in [0, 0.05) is 34.5 Å². The van der Waals surface area contributed by atoms with Gasteiger partial charge >= 0.3 is 0 Å². The van der Waals surface area contributed by atoms with E-state index in [4.69, 9.17) is 9.47 Å². The van der Waals surface area contributed by atoms with Crippen molar-refractivity contribution in [3.8, 4) is 39.5 Å². The molecule has 4 rings (SSSR count). The van der Waals surface area contributed by atoms with Gasteiger partial charge in [-0.15, -0.1) is 0 Å². The topological polar surface area (TPSA) is 67.4 Å². The van der Waals surface area contributed by atoms with Crippen LogP contribution in [0.25, 0.3) is 33.3 Å². The summed E-state index contributed by atoms with van der Waals surface area (Å²) in [7, 11) is 3.29. The summed E-state index contributed by atoms with van der Waals surface area (Å²) in [4.78, 5) is 7.73. The standard InChI is InChI=1S/C21H18N2O3/c1-25-16-6-7-20(26-2)17(10-16)19-12-23-21-18(19)9-14(11-22-21)13-4-3-5-15(24)8-13/h3-12,24H,1-2H3,(H,22,23). The van der Waals surface area contributed by atoms with E-state index in [1.54, 1.807) is 32.5 Å². The molecule has 5 nitrogen and oxygen atoms in total. The first kappa shape index (κ1) is 16.0. The summed E-state index contributed by atoms with van der Waals surface area (Å²) in [6, 6.07) is 14.9. The van der Waals surface area contributed by atoms with Gasteiger partial charge in [-0.25, -0.2) is 4.98 Å². The Hall–Kier alpha value is -3.47. The monoisotopic (exact) mass is 346 g/mol. The van der Waals surface area contributed by atoms with Gasteiger partial charge in [-0.05, 0) is 42.0 Å². The second-order valence-electron chi connectivity index (χ2n) is 5.94. The molecule has 26 heavy (non-hydrogen) atoms. The summed E-state index contributed by atoms with van der Waals surface area (Å²) in [6.07, 6.45) is 3.71. The van der Waals surface area contributed by atoms with Crippen LogP contribution in [0.3, 0.4) is 0 Å². The van der Waals surface area contributed by atoms with Gasteiger partial charge in [0.05, 0.1) is 14.2 Å². The number of rotatable bonds is 4. The fraction of sp³-hybridized carbons (Fsp3) is 0.0952. The van der Waals surface area contributed by atoms with Crippen molar-refractivity contribution in [1.82, 2.24) is 9.97 Å². The van der Waals surface area contributed by atoms with Gasteiger partial charge in [-0.3, -0.25) is 0 Å². The van der Waals surface area contributed by atoms with E-state index >= 15 is 0 Å². The minimum absolute atomic E-state index is 0.228. The van der Waals surface area contributed by atoms with Crippen LogP contribution in [0.1, 0.15) is 0 Å². The van der Waals surface area contributed by atoms with Gasteiger partial charge in [0.1, 0.15) is 22.9 Å². The van der Waals surface area contributed by atoms with Crippen LogP contribution in [-0.4, -0.2) is 29.3 Å². The SMILES string of the molecule is COc1ccc(OC)c(-c2c[nH]c3ncc(-c4cccc(O)c4)cc23)c1. The molecule has 0 fully saturated rings. The lowest BCUT2D eigenvalue weighted by Crippen LogP contribution is -1.90. The van der Waals surface area contributed by atoms with Crippen LogP contribution >= 0.6 is 0 Å². The van der Waals surface area contributed by atoms with Crippen molar-refractivity contribution in [2.75, 3.05) is 14.2 Å². The Morgan fingerprint density at radius 1 is 0.923 bits per heavy atom. The van der Waals surface area contributed by atoms with Gasteiger partial charge < -0.3 is 19.6 Å². The number of aromatic nitrogens is 2. The minimum Gasteiger partial charge on any atom is -0.508 e. The van der Waals surface area contributed by atoms with Crippen molar-refractivity contribution in [1.29, 1.82) is 0 Å². The van der Waals surface area contributed by atoms with Gasteiger partial charge in [0.25, 0.3) is 0 Å². The molecular formula is C21H18N2O3. The molecule has 0 saturated carbocycles. The van der Waals surface area contributed by atoms with Crippen LogP contribution in [0.15, 0.2) is 60.9 Å². The molecule has 0 aliphatic rings. The highest BCUT2D eigenvalue weighted by Crippen LogP contribution is 2.38. The fourth-order valence-corrected chi connectivity index (χ4v) is 3.09. The number of pyridine rings is 1. The van der Waals surface area contributed by atoms with E-state index < -0.39 is 0 Å². The molecule has 2 heterocycles. The number of phenolic OH excluding ortho intramolecular Hbond substituents is 1. The Labute approximate surface area is 150 Å². The highest BCUT2D eigenvalue weighted by molar-refractivity contribution is 5.97. The highest BCUT2D eigenvalue weighted by atomic mass is 16.5. The molecule has 2 aromatic heterocycles. The number of phenols is 1. The molecule has 130 valence electrons. The lowest BCUT2D eigenvalue weighted by molar-refractivity contribution is 0.404. The quantitative estimate of drug-likeness (QED) is 0.566. The molecule has 2 N–H and O–H groups in total. The number of ether oxygens (including phenoxy) is 2. The highest BCUT2D eigenvalue weighted by Gasteiger charge is 2.14. The third kappa shape index (κ3) is 2.73. The molecular weight excluding hydrogens is 328 g/mol. The predicted molar refractivity (Wildman–Crippen MR) is 102 cm³/mol. The van der Waals surface area contributed by atoms with E-state index in [1.165, 1.54) is 0 Å². The number of aromatic amines is 1. The van der Waals surface area contributed by atoms with Gasteiger partial charge in [0.2, 0.25) is 0 Å². The number of benzene rings is 2. The van der Waals surface area contributed by atoms with Crippen LogP contribution in [0.5, 0.6) is 17.2 Å². The average Bonchev–Trinajstić information content (AvgIpc) is 3.10. The second kappa shape index (κ2) is 6.44. The molecule has 5 heteroatoms. The van der Waals surface area contributed by atoms with Gasteiger partial charge in [-0.2, -0.15) is 0 Å². The third-order valence-electron chi connectivity index (χ3n) is 4.41. The molecule has 0 amide bonds. The van der Waals surface area contributed by atoms with Crippen LogP contribution in [-0.2, 0) is 0 Å². The number of nitrogens with zero attached hydrogens (tertiary/aromatic N) is 1. The zero-order valence-corrected chi connectivity index (χ0v) is 14.5. The van der Waals surface area contributed by atoms with Crippen molar-refractivity contribution in [3.63, 3.8) is 0 Å². The van der Waals surface area contributed by atoms with E-state index in [-0.39, 0.29) is 5.75 Å². The fourth-order valence-electron chi connectivity index (χ4n) is 3.09. The number of hydrogen-bond donors (Lipinski definition) is 2. The molecule has 0 aliphatic heterocycles. The smallest absolute Gasteiger partial charge is 0.137 e. The largest absolute Gasteiger partial charge is 0.508 e. The second-order valence-corrected chi connectivity index (χ2v) is 5.94. The van der Waals surface area contributed by atoms with E-state index in [9.17, 15) is 5.11 Å². The van der Waals surface area contributed by atoms with Gasteiger partial charge in [-0.1, -0.05) is 12.1 Å². The van der Waals surface area contributed by atoms with E-state index in [0.717, 1.165) is 44.8 Å². The lowest BCUT2D eigenvalue weighted by atomic mass is 10.0. The maximum absolute atomic E-state index is 9.75. The van der Waals surface area contributed by atoms with Crippen LogP contribution in [0, 0.1) is 0 Å². The molecule has 0 saturated heterocycles. The molecule has 0 radical (unpaired) electrons. The molecule has 2 aromatic carbocycles. The summed E-state index contributed by atoms with van der Waals surface area (Å²) in [6.45, 7) is 0. The molecule has 0 bridgehead atoms. The maximum atomic E-state index is 9.75. The number of hydrogen-bond acceptors (Lipinski definition) is 4. The normalized spacial score (nSPS) is 10.8. The average molecular weight is 346 g/mol.